The van der Waals surface area contributed by atoms with Crippen molar-refractivity contribution in [1.82, 2.24) is 19.6 Å². The fourth-order valence-corrected chi connectivity index (χ4v) is 8.38. The Morgan fingerprint density at radius 2 is 1.35 bits per heavy atom. The Kier molecular flexibility index (Phi) is 6.08. The summed E-state index contributed by atoms with van der Waals surface area (Å²) in [6.07, 6.45) is 8.84. The minimum atomic E-state index is -0.295. The number of likely N-dealkylation sites (tertiary alicyclic amines) is 1. The summed E-state index contributed by atoms with van der Waals surface area (Å²) in [6, 6.07) is -0.295. The molecule has 0 radical (unpaired) electrons. The smallest absolute Gasteiger partial charge is 0.245 e. The van der Waals surface area contributed by atoms with E-state index in [0.29, 0.717) is 51.8 Å². The monoisotopic (exact) mass is 472 g/mol. The van der Waals surface area contributed by atoms with Crippen LogP contribution in [0.3, 0.4) is 0 Å². The maximum absolute atomic E-state index is 13.9. The summed E-state index contributed by atoms with van der Waals surface area (Å²) in [7, 11) is 0. The lowest BCUT2D eigenvalue weighted by Crippen LogP contribution is -2.59. The highest BCUT2D eigenvalue weighted by atomic mass is 16.5. The fourth-order valence-electron chi connectivity index (χ4n) is 8.38. The zero-order valence-corrected chi connectivity index (χ0v) is 20.5. The molecule has 8 nitrogen and oxygen atoms in total. The molecule has 7 rings (SSSR count). The fraction of sp³-hybridized carbons (Fsp3) is 0.885. The molecule has 4 bridgehead atoms. The molecule has 3 heterocycles. The topological polar surface area (TPSA) is 73.4 Å². The predicted molar refractivity (Wildman–Crippen MR) is 126 cm³/mol. The van der Waals surface area contributed by atoms with Gasteiger partial charge in [0.1, 0.15) is 6.04 Å². The van der Waals surface area contributed by atoms with Gasteiger partial charge < -0.3 is 19.4 Å². The third-order valence-electron chi connectivity index (χ3n) is 9.70. The SMILES string of the molecule is O=C(CN1CCOCC1)N1CCN(C(=O)C2CCCN2C(=O)C23CC4CC(CC(C4)C2)C3)CC1. The Bertz CT molecular complexity index is 782. The van der Waals surface area contributed by atoms with E-state index in [2.05, 4.69) is 4.90 Å². The van der Waals surface area contributed by atoms with E-state index in [1.54, 1.807) is 0 Å². The van der Waals surface area contributed by atoms with Crippen LogP contribution in [0.15, 0.2) is 0 Å². The second-order valence-electron chi connectivity index (χ2n) is 11.9. The Balaban J connectivity index is 1.05. The molecule has 3 aliphatic heterocycles. The van der Waals surface area contributed by atoms with E-state index in [0.717, 1.165) is 69.5 Å². The Morgan fingerprint density at radius 3 is 1.97 bits per heavy atom. The molecule has 0 N–H and O–H groups in total. The number of hydrogen-bond donors (Lipinski definition) is 0. The predicted octanol–water partition coefficient (Wildman–Crippen LogP) is 1.20. The molecule has 188 valence electrons. The largest absolute Gasteiger partial charge is 0.379 e. The van der Waals surface area contributed by atoms with Crippen LogP contribution in [-0.4, -0.2) is 109 Å². The highest BCUT2D eigenvalue weighted by molar-refractivity contribution is 5.91. The summed E-state index contributed by atoms with van der Waals surface area (Å²) >= 11 is 0. The molecule has 0 spiro atoms. The summed E-state index contributed by atoms with van der Waals surface area (Å²) in [6.45, 7) is 6.48. The molecule has 0 aromatic heterocycles. The Hall–Kier alpha value is -1.67. The molecule has 8 heteroatoms. The van der Waals surface area contributed by atoms with Gasteiger partial charge in [-0.15, -0.1) is 0 Å². The lowest BCUT2D eigenvalue weighted by molar-refractivity contribution is -0.162. The molecule has 7 fully saturated rings. The van der Waals surface area contributed by atoms with E-state index in [9.17, 15) is 14.4 Å². The van der Waals surface area contributed by atoms with Crippen LogP contribution in [0.4, 0.5) is 0 Å². The summed E-state index contributed by atoms with van der Waals surface area (Å²) in [5.41, 5.74) is -0.178. The first kappa shape index (κ1) is 22.8. The number of hydrogen-bond acceptors (Lipinski definition) is 5. The van der Waals surface area contributed by atoms with E-state index in [1.807, 2.05) is 14.7 Å². The van der Waals surface area contributed by atoms with Crippen molar-refractivity contribution >= 4 is 17.7 Å². The number of rotatable bonds is 4. The molecule has 1 unspecified atom stereocenters. The van der Waals surface area contributed by atoms with Crippen molar-refractivity contribution in [3.05, 3.63) is 0 Å². The number of carbonyl (C=O) groups excluding carboxylic acids is 3. The van der Waals surface area contributed by atoms with Gasteiger partial charge in [-0.25, -0.2) is 0 Å². The Labute approximate surface area is 202 Å². The van der Waals surface area contributed by atoms with Crippen molar-refractivity contribution in [3.8, 4) is 0 Å². The number of morpholine rings is 1. The van der Waals surface area contributed by atoms with Gasteiger partial charge in [0.25, 0.3) is 0 Å². The minimum Gasteiger partial charge on any atom is -0.379 e. The van der Waals surface area contributed by atoms with Gasteiger partial charge in [0.05, 0.1) is 25.2 Å². The van der Waals surface area contributed by atoms with Crippen molar-refractivity contribution < 1.29 is 19.1 Å². The molecule has 4 saturated carbocycles. The summed E-state index contributed by atoms with van der Waals surface area (Å²) in [5.74, 6) is 2.74. The summed E-state index contributed by atoms with van der Waals surface area (Å²) < 4.78 is 5.37. The third-order valence-corrected chi connectivity index (χ3v) is 9.70. The number of carbonyl (C=O) groups is 3. The molecular formula is C26H40N4O4. The van der Waals surface area contributed by atoms with E-state index < -0.39 is 0 Å². The van der Waals surface area contributed by atoms with Crippen molar-refractivity contribution in [2.24, 2.45) is 23.2 Å². The zero-order chi connectivity index (χ0) is 23.3. The van der Waals surface area contributed by atoms with Gasteiger partial charge in [-0.05, 0) is 69.1 Å². The van der Waals surface area contributed by atoms with Crippen LogP contribution in [0.1, 0.15) is 51.4 Å². The van der Waals surface area contributed by atoms with Gasteiger partial charge in [0, 0.05) is 45.8 Å². The standard InChI is InChI=1S/C26H40N4O4/c31-23(18-27-8-10-34-11-9-27)28-4-6-29(7-5-28)24(32)22-2-1-3-30(22)25(33)26-15-19-12-20(16-26)14-21(13-19)17-26/h19-22H,1-18H2. The minimum absolute atomic E-state index is 0.107. The van der Waals surface area contributed by atoms with Crippen LogP contribution < -0.4 is 0 Å². The molecule has 4 aliphatic carbocycles. The molecule has 1 atom stereocenters. The van der Waals surface area contributed by atoms with Gasteiger partial charge in [-0.2, -0.15) is 0 Å². The summed E-state index contributed by atoms with van der Waals surface area (Å²) in [5, 5.41) is 0. The van der Waals surface area contributed by atoms with Crippen molar-refractivity contribution in [1.29, 1.82) is 0 Å². The van der Waals surface area contributed by atoms with Gasteiger partial charge in [0.15, 0.2) is 0 Å². The maximum atomic E-state index is 13.9. The first-order chi connectivity index (χ1) is 16.5. The molecule has 0 aromatic rings. The van der Waals surface area contributed by atoms with Crippen LogP contribution in [0.2, 0.25) is 0 Å². The Morgan fingerprint density at radius 1 is 0.765 bits per heavy atom. The van der Waals surface area contributed by atoms with Crippen LogP contribution in [-0.2, 0) is 19.1 Å². The quantitative estimate of drug-likeness (QED) is 0.615. The molecule has 3 amide bonds. The van der Waals surface area contributed by atoms with Crippen LogP contribution >= 0.6 is 0 Å². The zero-order valence-electron chi connectivity index (χ0n) is 20.5. The maximum Gasteiger partial charge on any atom is 0.245 e. The highest BCUT2D eigenvalue weighted by Gasteiger charge is 2.57. The third kappa shape index (κ3) is 4.15. The number of nitrogens with zero attached hydrogens (tertiary/aromatic N) is 4. The summed E-state index contributed by atoms with van der Waals surface area (Å²) in [4.78, 5) is 48.1. The van der Waals surface area contributed by atoms with Crippen LogP contribution in [0.25, 0.3) is 0 Å². The molecule has 7 aliphatic rings. The van der Waals surface area contributed by atoms with Gasteiger partial charge >= 0.3 is 0 Å². The first-order valence-corrected chi connectivity index (χ1v) is 13.7. The van der Waals surface area contributed by atoms with E-state index in [-0.39, 0.29) is 23.3 Å². The highest BCUT2D eigenvalue weighted by Crippen LogP contribution is 2.60. The normalized spacial score (nSPS) is 37.9. The van der Waals surface area contributed by atoms with E-state index in [1.165, 1.54) is 19.3 Å². The molecule has 34 heavy (non-hydrogen) atoms. The van der Waals surface area contributed by atoms with Crippen molar-refractivity contribution in [2.75, 3.05) is 65.6 Å². The van der Waals surface area contributed by atoms with Gasteiger partial charge in [0.2, 0.25) is 17.7 Å². The van der Waals surface area contributed by atoms with Gasteiger partial charge in [-0.1, -0.05) is 0 Å². The van der Waals surface area contributed by atoms with E-state index in [4.69, 9.17) is 4.74 Å². The second kappa shape index (κ2) is 9.08. The first-order valence-electron chi connectivity index (χ1n) is 13.7. The average molecular weight is 473 g/mol. The molecule has 0 aromatic carbocycles. The number of amides is 3. The van der Waals surface area contributed by atoms with Crippen LogP contribution in [0.5, 0.6) is 0 Å². The molecular weight excluding hydrogens is 432 g/mol. The number of piperazine rings is 1. The lowest BCUT2D eigenvalue weighted by Gasteiger charge is -2.56. The van der Waals surface area contributed by atoms with Gasteiger partial charge in [-0.3, -0.25) is 19.3 Å². The van der Waals surface area contributed by atoms with Crippen LogP contribution in [0, 0.1) is 23.2 Å². The van der Waals surface area contributed by atoms with Crippen molar-refractivity contribution in [2.45, 2.75) is 57.4 Å². The average Bonchev–Trinajstić information content (AvgIpc) is 3.33. The second-order valence-corrected chi connectivity index (χ2v) is 11.9. The van der Waals surface area contributed by atoms with E-state index >= 15 is 0 Å². The van der Waals surface area contributed by atoms with Crippen molar-refractivity contribution in [3.63, 3.8) is 0 Å². The number of ether oxygens (including phenoxy) is 1. The molecule has 3 saturated heterocycles. The lowest BCUT2D eigenvalue weighted by atomic mass is 9.49.